The van der Waals surface area contributed by atoms with Gasteiger partial charge in [-0.3, -0.25) is 0 Å². The monoisotopic (exact) mass is 276 g/mol. The number of nitrogen functional groups attached to an aromatic ring is 1. The zero-order valence-corrected chi connectivity index (χ0v) is 10.3. The number of hydrogen-bond donors (Lipinski definition) is 3. The number of nitrogens with zero attached hydrogens (tertiary/aromatic N) is 7. The Labute approximate surface area is 112 Å². The first-order valence-corrected chi connectivity index (χ1v) is 5.97. The molecule has 0 aromatic carbocycles. The molecular weight excluding hydrogens is 264 g/mol. The van der Waals surface area contributed by atoms with E-state index in [-0.39, 0.29) is 5.82 Å². The van der Waals surface area contributed by atoms with Crippen LogP contribution in [0.25, 0.3) is 21.6 Å². The molecule has 0 spiro atoms. The first-order chi connectivity index (χ1) is 9.63. The molecule has 1 aliphatic rings. The summed E-state index contributed by atoms with van der Waals surface area (Å²) in [5, 5.41) is 23.5. The van der Waals surface area contributed by atoms with E-state index < -0.39 is 24.3 Å². The van der Waals surface area contributed by atoms with Crippen molar-refractivity contribution in [2.45, 2.75) is 30.7 Å². The SMILES string of the molecule is [N-]=[N+]=N[C@@H]1C[C@@H](n2cnc3c(N)ncnc32)[C@H](O)[C@@H]1O. The van der Waals surface area contributed by atoms with Gasteiger partial charge < -0.3 is 20.5 Å². The first kappa shape index (κ1) is 12.6. The normalized spacial score (nSPS) is 29.5. The van der Waals surface area contributed by atoms with E-state index in [0.717, 1.165) is 0 Å². The van der Waals surface area contributed by atoms with Crippen LogP contribution in [0.15, 0.2) is 17.8 Å². The van der Waals surface area contributed by atoms with Gasteiger partial charge in [-0.1, -0.05) is 5.11 Å². The lowest BCUT2D eigenvalue weighted by Crippen LogP contribution is -2.30. The average molecular weight is 276 g/mol. The number of fused-ring (bicyclic) bond motifs is 1. The Balaban J connectivity index is 2.04. The van der Waals surface area contributed by atoms with Crippen LogP contribution < -0.4 is 5.73 Å². The fourth-order valence-corrected chi connectivity index (χ4v) is 2.55. The van der Waals surface area contributed by atoms with Crippen molar-refractivity contribution >= 4 is 17.0 Å². The molecule has 0 bridgehead atoms. The molecular formula is C10H12N8O2. The van der Waals surface area contributed by atoms with Crippen LogP contribution in [0.5, 0.6) is 0 Å². The molecule has 10 nitrogen and oxygen atoms in total. The predicted molar refractivity (Wildman–Crippen MR) is 68.3 cm³/mol. The highest BCUT2D eigenvalue weighted by Crippen LogP contribution is 2.34. The number of aliphatic hydroxyl groups excluding tert-OH is 2. The van der Waals surface area contributed by atoms with E-state index in [1.807, 2.05) is 0 Å². The molecule has 2 aromatic heterocycles. The summed E-state index contributed by atoms with van der Waals surface area (Å²) < 4.78 is 1.62. The maximum atomic E-state index is 10.1. The smallest absolute Gasteiger partial charge is 0.165 e. The zero-order valence-electron chi connectivity index (χ0n) is 10.3. The Bertz CT molecular complexity index is 694. The fraction of sp³-hybridized carbons (Fsp3) is 0.500. The van der Waals surface area contributed by atoms with Crippen molar-refractivity contribution in [1.29, 1.82) is 0 Å². The van der Waals surface area contributed by atoms with Gasteiger partial charge in [0.15, 0.2) is 11.5 Å². The number of rotatable bonds is 2. The minimum atomic E-state index is -1.12. The highest BCUT2D eigenvalue weighted by molar-refractivity contribution is 5.81. The number of hydrogen-bond acceptors (Lipinski definition) is 7. The van der Waals surface area contributed by atoms with Gasteiger partial charge in [0.1, 0.15) is 17.9 Å². The third-order valence-corrected chi connectivity index (χ3v) is 3.57. The summed E-state index contributed by atoms with van der Waals surface area (Å²) in [6.45, 7) is 0. The minimum Gasteiger partial charge on any atom is -0.390 e. The van der Waals surface area contributed by atoms with Crippen molar-refractivity contribution in [3.05, 3.63) is 23.1 Å². The Kier molecular flexibility index (Phi) is 2.90. The Morgan fingerprint density at radius 3 is 2.90 bits per heavy atom. The van der Waals surface area contributed by atoms with E-state index in [4.69, 9.17) is 11.3 Å². The van der Waals surface area contributed by atoms with E-state index in [1.165, 1.54) is 12.7 Å². The molecule has 0 amide bonds. The lowest BCUT2D eigenvalue weighted by atomic mass is 10.2. The van der Waals surface area contributed by atoms with Crippen LogP contribution in [0.4, 0.5) is 5.82 Å². The summed E-state index contributed by atoms with van der Waals surface area (Å²) in [6, 6.07) is -1.17. The van der Waals surface area contributed by atoms with Gasteiger partial charge in [-0.25, -0.2) is 15.0 Å². The molecule has 1 aliphatic carbocycles. The Hall–Kier alpha value is -2.42. The van der Waals surface area contributed by atoms with Crippen molar-refractivity contribution in [1.82, 2.24) is 19.5 Å². The van der Waals surface area contributed by atoms with Crippen LogP contribution in [0.3, 0.4) is 0 Å². The topological polar surface area (TPSA) is 159 Å². The molecule has 4 atom stereocenters. The Morgan fingerprint density at radius 1 is 1.35 bits per heavy atom. The van der Waals surface area contributed by atoms with Crippen molar-refractivity contribution in [2.24, 2.45) is 5.11 Å². The standard InChI is InChI=1S/C10H12N8O2/c11-9-6-10(14-2-13-9)18(3-15-6)5-1-4(16-17-12)7(19)8(5)20/h2-5,7-8,19-20H,1H2,(H2,11,13,14)/t4-,5-,7-,8+/m1/s1. The van der Waals surface area contributed by atoms with Gasteiger partial charge in [-0.05, 0) is 12.0 Å². The van der Waals surface area contributed by atoms with Crippen LogP contribution in [0.2, 0.25) is 0 Å². The number of imidazole rings is 1. The van der Waals surface area contributed by atoms with E-state index in [1.54, 1.807) is 4.57 Å². The van der Waals surface area contributed by atoms with Gasteiger partial charge in [-0.2, -0.15) is 0 Å². The molecule has 0 unspecified atom stereocenters. The summed E-state index contributed by atoms with van der Waals surface area (Å²) in [7, 11) is 0. The lowest BCUT2D eigenvalue weighted by molar-refractivity contribution is 0.0187. The second-order valence-corrected chi connectivity index (χ2v) is 4.64. The highest BCUT2D eigenvalue weighted by atomic mass is 16.3. The number of nitrogens with two attached hydrogens (primary N) is 1. The molecule has 0 saturated heterocycles. The van der Waals surface area contributed by atoms with Crippen LogP contribution >= 0.6 is 0 Å². The maximum Gasteiger partial charge on any atom is 0.165 e. The van der Waals surface area contributed by atoms with Crippen LogP contribution in [-0.2, 0) is 0 Å². The third kappa shape index (κ3) is 1.74. The average Bonchev–Trinajstić information content (AvgIpc) is 2.97. The molecule has 2 aromatic rings. The molecule has 4 N–H and O–H groups in total. The van der Waals surface area contributed by atoms with Gasteiger partial charge in [0.2, 0.25) is 0 Å². The van der Waals surface area contributed by atoms with Gasteiger partial charge in [0.25, 0.3) is 0 Å². The van der Waals surface area contributed by atoms with Crippen LogP contribution in [0.1, 0.15) is 12.5 Å². The van der Waals surface area contributed by atoms with E-state index in [9.17, 15) is 10.2 Å². The summed E-state index contributed by atoms with van der Waals surface area (Å²) in [5.74, 6) is 0.244. The number of azide groups is 1. The van der Waals surface area contributed by atoms with Gasteiger partial charge in [0.05, 0.1) is 24.5 Å². The number of aliphatic hydroxyl groups is 2. The molecule has 0 radical (unpaired) electrons. The maximum absolute atomic E-state index is 10.1. The van der Waals surface area contributed by atoms with Crippen molar-refractivity contribution < 1.29 is 10.2 Å². The second kappa shape index (κ2) is 4.60. The second-order valence-electron chi connectivity index (χ2n) is 4.64. The molecule has 2 heterocycles. The van der Waals surface area contributed by atoms with E-state index >= 15 is 0 Å². The zero-order chi connectivity index (χ0) is 14.3. The molecule has 1 fully saturated rings. The molecule has 104 valence electrons. The molecule has 10 heteroatoms. The summed E-state index contributed by atoms with van der Waals surface area (Å²) in [4.78, 5) is 14.7. The van der Waals surface area contributed by atoms with Crippen molar-refractivity contribution in [3.8, 4) is 0 Å². The van der Waals surface area contributed by atoms with Crippen LogP contribution in [-0.4, -0.2) is 48.0 Å². The third-order valence-electron chi connectivity index (χ3n) is 3.57. The van der Waals surface area contributed by atoms with Crippen molar-refractivity contribution in [3.63, 3.8) is 0 Å². The molecule has 1 saturated carbocycles. The fourth-order valence-electron chi connectivity index (χ4n) is 2.55. The van der Waals surface area contributed by atoms with Gasteiger partial charge in [-0.15, -0.1) is 0 Å². The summed E-state index contributed by atoms with van der Waals surface area (Å²) in [6.07, 6.45) is 0.890. The lowest BCUT2D eigenvalue weighted by Gasteiger charge is -2.17. The predicted octanol–water partition coefficient (Wildman–Crippen LogP) is -0.246. The molecule has 3 rings (SSSR count). The first-order valence-electron chi connectivity index (χ1n) is 5.97. The van der Waals surface area contributed by atoms with E-state index in [2.05, 4.69) is 25.0 Å². The summed E-state index contributed by atoms with van der Waals surface area (Å²) in [5.41, 5.74) is 15.1. The molecule has 20 heavy (non-hydrogen) atoms. The van der Waals surface area contributed by atoms with Crippen LogP contribution in [0, 0.1) is 0 Å². The minimum absolute atomic E-state index is 0.244. The summed E-state index contributed by atoms with van der Waals surface area (Å²) >= 11 is 0. The van der Waals surface area contributed by atoms with E-state index in [0.29, 0.717) is 17.6 Å². The van der Waals surface area contributed by atoms with Gasteiger partial charge in [0, 0.05) is 4.91 Å². The largest absolute Gasteiger partial charge is 0.390 e. The van der Waals surface area contributed by atoms with Gasteiger partial charge >= 0.3 is 0 Å². The van der Waals surface area contributed by atoms with Crippen molar-refractivity contribution in [2.75, 3.05) is 5.73 Å². The molecule has 0 aliphatic heterocycles. The Morgan fingerprint density at radius 2 is 2.15 bits per heavy atom. The highest BCUT2D eigenvalue weighted by Gasteiger charge is 2.42. The quantitative estimate of drug-likeness (QED) is 0.389. The number of anilines is 1. The number of aromatic nitrogens is 4.